The lowest BCUT2D eigenvalue weighted by molar-refractivity contribution is -0.402. The van der Waals surface area contributed by atoms with Crippen LogP contribution in [0.5, 0.6) is 0 Å². The Balaban J connectivity index is 1.71. The first-order valence-corrected chi connectivity index (χ1v) is 8.29. The van der Waals surface area contributed by atoms with E-state index in [2.05, 4.69) is 10.3 Å². The largest absolute Gasteiger partial charge is 0.433 e. The van der Waals surface area contributed by atoms with Gasteiger partial charge >= 0.3 is 5.88 Å². The van der Waals surface area contributed by atoms with Crippen LogP contribution in [0.1, 0.15) is 10.6 Å². The lowest BCUT2D eigenvalue weighted by atomic mass is 10.1. The topological polar surface area (TPSA) is 111 Å². The molecular weight excluding hydrogens is 362 g/mol. The van der Waals surface area contributed by atoms with Crippen LogP contribution in [0, 0.1) is 10.1 Å². The maximum atomic E-state index is 12.5. The van der Waals surface area contributed by atoms with Crippen molar-refractivity contribution in [2.24, 2.45) is 0 Å². The zero-order valence-corrected chi connectivity index (χ0v) is 14.4. The predicted molar refractivity (Wildman–Crippen MR) is 101 cm³/mol. The average Bonchev–Trinajstić information content (AvgIpc) is 3.37. The first kappa shape index (κ1) is 17.2. The Bertz CT molecular complexity index is 1130. The number of anilines is 1. The normalized spacial score (nSPS) is 10.6. The quantitative estimate of drug-likeness (QED) is 0.397. The third kappa shape index (κ3) is 3.38. The summed E-state index contributed by atoms with van der Waals surface area (Å²) in [4.78, 5) is 27.0. The highest BCUT2D eigenvalue weighted by molar-refractivity contribution is 6.03. The van der Waals surface area contributed by atoms with Gasteiger partial charge in [-0.25, -0.2) is 4.98 Å². The van der Waals surface area contributed by atoms with Gasteiger partial charge in [0.05, 0.1) is 6.07 Å². The van der Waals surface area contributed by atoms with Crippen molar-refractivity contribution in [1.29, 1.82) is 0 Å². The van der Waals surface area contributed by atoms with Gasteiger partial charge in [0.25, 0.3) is 5.91 Å². The van der Waals surface area contributed by atoms with Gasteiger partial charge in [0, 0.05) is 11.1 Å². The van der Waals surface area contributed by atoms with Gasteiger partial charge in [-0.2, -0.15) is 0 Å². The molecule has 0 atom stereocenters. The average molecular weight is 375 g/mol. The zero-order valence-electron chi connectivity index (χ0n) is 14.4. The molecule has 8 nitrogen and oxygen atoms in total. The van der Waals surface area contributed by atoms with Crippen molar-refractivity contribution < 1.29 is 18.6 Å². The summed E-state index contributed by atoms with van der Waals surface area (Å²) < 4.78 is 10.7. The first-order chi connectivity index (χ1) is 13.6. The molecule has 138 valence electrons. The molecule has 0 saturated carbocycles. The van der Waals surface area contributed by atoms with Crippen molar-refractivity contribution in [2.75, 3.05) is 5.32 Å². The number of aromatic nitrogens is 1. The molecule has 0 bridgehead atoms. The number of nitro groups is 1. The summed E-state index contributed by atoms with van der Waals surface area (Å²) >= 11 is 0. The molecule has 2 aromatic carbocycles. The van der Waals surface area contributed by atoms with E-state index in [9.17, 15) is 14.9 Å². The Morgan fingerprint density at radius 1 is 0.893 bits per heavy atom. The molecule has 0 radical (unpaired) electrons. The predicted octanol–water partition coefficient (Wildman–Crippen LogP) is 4.76. The smallest absolute Gasteiger partial charge is 0.420 e. The van der Waals surface area contributed by atoms with Gasteiger partial charge < -0.3 is 8.83 Å². The maximum Gasteiger partial charge on any atom is 0.433 e. The molecule has 0 aliphatic rings. The number of benzene rings is 2. The van der Waals surface area contributed by atoms with Gasteiger partial charge in [0.2, 0.25) is 11.8 Å². The van der Waals surface area contributed by atoms with E-state index < -0.39 is 16.7 Å². The molecule has 0 unspecified atom stereocenters. The summed E-state index contributed by atoms with van der Waals surface area (Å²) in [6.07, 6.45) is 0. The highest BCUT2D eigenvalue weighted by Crippen LogP contribution is 2.33. The van der Waals surface area contributed by atoms with Crippen LogP contribution in [0.4, 0.5) is 11.8 Å². The summed E-state index contributed by atoms with van der Waals surface area (Å²) in [5.41, 5.74) is 1.93. The Labute approximate surface area is 158 Å². The standard InChI is InChI=1S/C20H13N3O5/c24-18(15-11-12-16(27-15)23(25)26)22-20-17(13-7-3-1-4-8-13)21-19(28-20)14-9-5-2-6-10-14/h1-12H,(H,22,24). The van der Waals surface area contributed by atoms with Crippen LogP contribution in [0.25, 0.3) is 22.7 Å². The number of rotatable bonds is 5. The summed E-state index contributed by atoms with van der Waals surface area (Å²) in [5, 5.41) is 13.3. The summed E-state index contributed by atoms with van der Waals surface area (Å²) in [5.74, 6) is -0.949. The fourth-order valence-corrected chi connectivity index (χ4v) is 2.61. The van der Waals surface area contributed by atoms with Gasteiger partial charge in [0.1, 0.15) is 10.6 Å². The Hall–Kier alpha value is -4.20. The minimum atomic E-state index is -0.714. The van der Waals surface area contributed by atoms with Gasteiger partial charge in [-0.1, -0.05) is 48.5 Å². The maximum absolute atomic E-state index is 12.5. The van der Waals surface area contributed by atoms with Crippen LogP contribution >= 0.6 is 0 Å². The van der Waals surface area contributed by atoms with E-state index in [1.54, 1.807) is 0 Å². The minimum Gasteiger partial charge on any atom is -0.420 e. The second-order valence-electron chi connectivity index (χ2n) is 5.78. The number of hydrogen-bond donors (Lipinski definition) is 1. The zero-order chi connectivity index (χ0) is 19.5. The lowest BCUT2D eigenvalue weighted by Gasteiger charge is -2.02. The van der Waals surface area contributed by atoms with Crippen LogP contribution in [0.15, 0.2) is 81.6 Å². The number of nitrogens with zero attached hydrogens (tertiary/aromatic N) is 2. The highest BCUT2D eigenvalue weighted by atomic mass is 16.6. The fraction of sp³-hybridized carbons (Fsp3) is 0. The molecule has 0 aliphatic carbocycles. The third-order valence-corrected chi connectivity index (χ3v) is 3.92. The number of nitrogens with one attached hydrogen (secondary N) is 1. The molecule has 0 fully saturated rings. The second kappa shape index (κ2) is 7.20. The van der Waals surface area contributed by atoms with E-state index in [0.717, 1.165) is 17.2 Å². The Morgan fingerprint density at radius 2 is 1.54 bits per heavy atom. The van der Waals surface area contributed by atoms with Crippen LogP contribution in [-0.2, 0) is 0 Å². The molecule has 0 spiro atoms. The summed E-state index contributed by atoms with van der Waals surface area (Å²) in [6, 6.07) is 20.8. The fourth-order valence-electron chi connectivity index (χ4n) is 2.61. The number of carbonyl (C=O) groups is 1. The van der Waals surface area contributed by atoms with Gasteiger partial charge in [-0.05, 0) is 18.2 Å². The van der Waals surface area contributed by atoms with E-state index in [1.807, 2.05) is 60.7 Å². The summed E-state index contributed by atoms with van der Waals surface area (Å²) in [6.45, 7) is 0. The van der Waals surface area contributed by atoms with Gasteiger partial charge in [0.15, 0.2) is 5.76 Å². The van der Waals surface area contributed by atoms with E-state index >= 15 is 0 Å². The Morgan fingerprint density at radius 3 is 2.14 bits per heavy atom. The number of oxazole rings is 1. The summed E-state index contributed by atoms with van der Waals surface area (Å²) in [7, 11) is 0. The first-order valence-electron chi connectivity index (χ1n) is 8.29. The molecule has 4 aromatic rings. The van der Waals surface area contributed by atoms with E-state index in [0.29, 0.717) is 11.6 Å². The van der Waals surface area contributed by atoms with Crippen molar-refractivity contribution in [2.45, 2.75) is 0 Å². The van der Waals surface area contributed by atoms with Crippen LogP contribution in [0.3, 0.4) is 0 Å². The highest BCUT2D eigenvalue weighted by Gasteiger charge is 2.22. The molecule has 8 heteroatoms. The number of carbonyl (C=O) groups excluding carboxylic acids is 1. The monoisotopic (exact) mass is 375 g/mol. The number of hydrogen-bond acceptors (Lipinski definition) is 6. The molecule has 4 rings (SSSR count). The van der Waals surface area contributed by atoms with Crippen molar-refractivity contribution in [1.82, 2.24) is 4.98 Å². The Kier molecular flexibility index (Phi) is 4.43. The molecule has 2 heterocycles. The van der Waals surface area contributed by atoms with E-state index in [1.165, 1.54) is 6.07 Å². The SMILES string of the molecule is O=C(Nc1oc(-c2ccccc2)nc1-c1ccccc1)c1ccc([N+](=O)[O-])o1. The van der Waals surface area contributed by atoms with Gasteiger partial charge in [-0.15, -0.1) is 0 Å². The van der Waals surface area contributed by atoms with Crippen molar-refractivity contribution in [3.05, 3.63) is 88.7 Å². The van der Waals surface area contributed by atoms with E-state index in [-0.39, 0.29) is 11.6 Å². The molecule has 28 heavy (non-hydrogen) atoms. The van der Waals surface area contributed by atoms with E-state index in [4.69, 9.17) is 8.83 Å². The third-order valence-electron chi connectivity index (χ3n) is 3.92. The molecule has 0 saturated heterocycles. The minimum absolute atomic E-state index is 0.120. The molecule has 1 N–H and O–H groups in total. The van der Waals surface area contributed by atoms with Crippen LogP contribution in [0.2, 0.25) is 0 Å². The molecule has 1 amide bonds. The van der Waals surface area contributed by atoms with Gasteiger partial charge in [-0.3, -0.25) is 20.2 Å². The van der Waals surface area contributed by atoms with Crippen molar-refractivity contribution in [3.8, 4) is 22.7 Å². The lowest BCUT2D eigenvalue weighted by Crippen LogP contribution is -2.11. The molecular formula is C20H13N3O5. The number of amides is 1. The van der Waals surface area contributed by atoms with Crippen LogP contribution < -0.4 is 5.32 Å². The van der Waals surface area contributed by atoms with Crippen molar-refractivity contribution >= 4 is 17.7 Å². The number of furan rings is 1. The molecule has 2 aromatic heterocycles. The second-order valence-corrected chi connectivity index (χ2v) is 5.78. The van der Waals surface area contributed by atoms with Crippen LogP contribution in [-0.4, -0.2) is 15.8 Å². The van der Waals surface area contributed by atoms with Crippen molar-refractivity contribution in [3.63, 3.8) is 0 Å². The molecule has 0 aliphatic heterocycles.